The zero-order valence-electron chi connectivity index (χ0n) is 12.4. The molecule has 0 amide bonds. The van der Waals surface area contributed by atoms with Crippen molar-refractivity contribution in [1.29, 1.82) is 0 Å². The molecule has 1 saturated carbocycles. The Labute approximate surface area is 125 Å². The molecule has 110 valence electrons. The van der Waals surface area contributed by atoms with Crippen LogP contribution in [-0.2, 0) is 19.5 Å². The Morgan fingerprint density at radius 2 is 2.15 bits per heavy atom. The number of alkyl halides is 1. The third-order valence-corrected chi connectivity index (χ3v) is 4.67. The summed E-state index contributed by atoms with van der Waals surface area (Å²) < 4.78 is 4.44. The number of halogens is 1. The summed E-state index contributed by atoms with van der Waals surface area (Å²) in [4.78, 5) is 4.79. The van der Waals surface area contributed by atoms with Crippen LogP contribution in [-0.4, -0.2) is 25.2 Å². The highest BCUT2D eigenvalue weighted by Crippen LogP contribution is 2.31. The van der Waals surface area contributed by atoms with Crippen molar-refractivity contribution in [2.45, 2.75) is 59.0 Å². The minimum Gasteiger partial charge on any atom is -0.313 e. The molecule has 2 aromatic heterocycles. The van der Waals surface area contributed by atoms with Crippen LogP contribution in [0.2, 0.25) is 0 Å². The van der Waals surface area contributed by atoms with Gasteiger partial charge in [-0.3, -0.25) is 0 Å². The first-order valence-electron chi connectivity index (χ1n) is 7.73. The number of aromatic nitrogens is 4. The Hall–Kier alpha value is -1.03. The second-order valence-electron chi connectivity index (χ2n) is 5.78. The maximum Gasteiger partial charge on any atom is 0.158 e. The summed E-state index contributed by atoms with van der Waals surface area (Å²) in [5.74, 6) is 2.66. The lowest BCUT2D eigenvalue weighted by molar-refractivity contribution is 0.282. The molecule has 0 aromatic carbocycles. The van der Waals surface area contributed by atoms with Gasteiger partial charge in [-0.05, 0) is 26.2 Å². The van der Waals surface area contributed by atoms with E-state index in [0.29, 0.717) is 5.88 Å². The summed E-state index contributed by atoms with van der Waals surface area (Å²) in [6, 6.07) is 0. The van der Waals surface area contributed by atoms with Gasteiger partial charge in [0.1, 0.15) is 11.3 Å². The fourth-order valence-corrected chi connectivity index (χ4v) is 3.26. The van der Waals surface area contributed by atoms with E-state index >= 15 is 0 Å². The van der Waals surface area contributed by atoms with Gasteiger partial charge in [-0.15, -0.1) is 11.6 Å². The number of fused-ring (bicyclic) bond motifs is 1. The zero-order chi connectivity index (χ0) is 14.1. The van der Waals surface area contributed by atoms with Crippen molar-refractivity contribution in [3.8, 4) is 0 Å². The summed E-state index contributed by atoms with van der Waals surface area (Å²) in [5.41, 5.74) is 3.27. The second-order valence-corrected chi connectivity index (χ2v) is 6.16. The Morgan fingerprint density at radius 3 is 2.75 bits per heavy atom. The predicted octanol–water partition coefficient (Wildman–Crippen LogP) is 3.53. The molecule has 0 spiro atoms. The highest BCUT2D eigenvalue weighted by Gasteiger charge is 2.21. The van der Waals surface area contributed by atoms with E-state index < -0.39 is 0 Å². The molecule has 5 heteroatoms. The van der Waals surface area contributed by atoms with Crippen LogP contribution in [0, 0.1) is 12.8 Å². The van der Waals surface area contributed by atoms with Gasteiger partial charge >= 0.3 is 0 Å². The van der Waals surface area contributed by atoms with Crippen molar-refractivity contribution < 1.29 is 0 Å². The van der Waals surface area contributed by atoms with Gasteiger partial charge in [-0.2, -0.15) is 5.10 Å². The standard InChI is InChI=1S/C15H23ClN4/c1-3-20-15-14(11(2)18-20)17-13(7-9-16)19(15)10-8-12-5-4-6-12/h12H,3-10H2,1-2H3. The van der Waals surface area contributed by atoms with E-state index in [2.05, 4.69) is 21.3 Å². The average Bonchev–Trinajstić information content (AvgIpc) is 2.88. The van der Waals surface area contributed by atoms with Crippen molar-refractivity contribution in [3.63, 3.8) is 0 Å². The van der Waals surface area contributed by atoms with Crippen LogP contribution in [0.1, 0.15) is 44.1 Å². The maximum atomic E-state index is 5.94. The molecule has 0 atom stereocenters. The van der Waals surface area contributed by atoms with Gasteiger partial charge in [0.25, 0.3) is 0 Å². The van der Waals surface area contributed by atoms with Crippen LogP contribution in [0.5, 0.6) is 0 Å². The van der Waals surface area contributed by atoms with E-state index in [0.717, 1.165) is 42.5 Å². The molecule has 2 aromatic rings. The maximum absolute atomic E-state index is 5.94. The van der Waals surface area contributed by atoms with E-state index in [9.17, 15) is 0 Å². The van der Waals surface area contributed by atoms with Crippen LogP contribution in [0.3, 0.4) is 0 Å². The van der Waals surface area contributed by atoms with Gasteiger partial charge < -0.3 is 4.57 Å². The van der Waals surface area contributed by atoms with E-state index in [4.69, 9.17) is 16.6 Å². The predicted molar refractivity (Wildman–Crippen MR) is 82.3 cm³/mol. The molecule has 4 nitrogen and oxygen atoms in total. The summed E-state index contributed by atoms with van der Waals surface area (Å²) in [6.45, 7) is 6.12. The van der Waals surface area contributed by atoms with Gasteiger partial charge in [-0.25, -0.2) is 9.67 Å². The number of rotatable bonds is 6. The topological polar surface area (TPSA) is 35.6 Å². The van der Waals surface area contributed by atoms with Crippen molar-refractivity contribution in [2.75, 3.05) is 5.88 Å². The van der Waals surface area contributed by atoms with Crippen LogP contribution >= 0.6 is 11.6 Å². The number of aryl methyl sites for hydroxylation is 4. The lowest BCUT2D eigenvalue weighted by Gasteiger charge is -2.25. The van der Waals surface area contributed by atoms with Gasteiger partial charge in [0.2, 0.25) is 0 Å². The summed E-state index contributed by atoms with van der Waals surface area (Å²) >= 11 is 5.94. The zero-order valence-corrected chi connectivity index (χ0v) is 13.2. The Balaban J connectivity index is 1.97. The third kappa shape index (κ3) is 2.34. The number of nitrogens with zero attached hydrogens (tertiary/aromatic N) is 4. The molecular formula is C15H23ClN4. The molecule has 20 heavy (non-hydrogen) atoms. The van der Waals surface area contributed by atoms with E-state index in [1.807, 2.05) is 6.92 Å². The number of hydrogen-bond acceptors (Lipinski definition) is 2. The quantitative estimate of drug-likeness (QED) is 0.764. The second kappa shape index (κ2) is 5.76. The van der Waals surface area contributed by atoms with Gasteiger partial charge in [0.05, 0.1) is 5.69 Å². The van der Waals surface area contributed by atoms with E-state index in [-0.39, 0.29) is 0 Å². The summed E-state index contributed by atoms with van der Waals surface area (Å²) in [5, 5.41) is 4.59. The van der Waals surface area contributed by atoms with Crippen molar-refractivity contribution in [2.24, 2.45) is 5.92 Å². The Morgan fingerprint density at radius 1 is 1.35 bits per heavy atom. The normalized spacial score (nSPS) is 15.9. The molecule has 1 aliphatic carbocycles. The monoisotopic (exact) mass is 294 g/mol. The first-order valence-corrected chi connectivity index (χ1v) is 8.26. The fraction of sp³-hybridized carbons (Fsp3) is 0.733. The molecule has 2 heterocycles. The van der Waals surface area contributed by atoms with Crippen LogP contribution in [0.4, 0.5) is 0 Å². The average molecular weight is 295 g/mol. The molecule has 0 bridgehead atoms. The first-order chi connectivity index (χ1) is 9.74. The largest absolute Gasteiger partial charge is 0.313 e. The molecule has 0 radical (unpaired) electrons. The van der Waals surface area contributed by atoms with Crippen LogP contribution in [0.25, 0.3) is 11.2 Å². The molecule has 0 unspecified atom stereocenters. The van der Waals surface area contributed by atoms with E-state index in [1.165, 1.54) is 31.3 Å². The minimum atomic E-state index is 0.627. The minimum absolute atomic E-state index is 0.627. The fourth-order valence-electron chi connectivity index (χ4n) is 3.09. The molecule has 0 N–H and O–H groups in total. The molecular weight excluding hydrogens is 272 g/mol. The van der Waals surface area contributed by atoms with Crippen LogP contribution in [0.15, 0.2) is 0 Å². The highest BCUT2D eigenvalue weighted by atomic mass is 35.5. The molecule has 0 aliphatic heterocycles. The van der Waals surface area contributed by atoms with Gasteiger partial charge in [0.15, 0.2) is 5.65 Å². The van der Waals surface area contributed by atoms with E-state index in [1.54, 1.807) is 0 Å². The molecule has 1 aliphatic rings. The number of imidazole rings is 1. The molecule has 0 saturated heterocycles. The SMILES string of the molecule is CCn1nc(C)c2nc(CCCl)n(CCC3CCC3)c21. The Bertz CT molecular complexity index is 595. The molecule has 1 fully saturated rings. The molecule has 3 rings (SSSR count). The summed E-state index contributed by atoms with van der Waals surface area (Å²) in [7, 11) is 0. The smallest absolute Gasteiger partial charge is 0.158 e. The number of hydrogen-bond donors (Lipinski definition) is 0. The van der Waals surface area contributed by atoms with Crippen LogP contribution < -0.4 is 0 Å². The first kappa shape index (κ1) is 13.9. The highest BCUT2D eigenvalue weighted by molar-refractivity contribution is 6.17. The lowest BCUT2D eigenvalue weighted by atomic mass is 9.83. The Kier molecular flexibility index (Phi) is 4.01. The van der Waals surface area contributed by atoms with Crippen molar-refractivity contribution in [3.05, 3.63) is 11.5 Å². The van der Waals surface area contributed by atoms with Crippen molar-refractivity contribution in [1.82, 2.24) is 19.3 Å². The van der Waals surface area contributed by atoms with Gasteiger partial charge in [-0.1, -0.05) is 19.3 Å². The lowest BCUT2D eigenvalue weighted by Crippen LogP contribution is -2.16. The van der Waals surface area contributed by atoms with Crippen molar-refractivity contribution >= 4 is 22.8 Å². The summed E-state index contributed by atoms with van der Waals surface area (Å²) in [6.07, 6.45) is 6.30. The van der Waals surface area contributed by atoms with Gasteiger partial charge in [0, 0.05) is 25.4 Å². The third-order valence-electron chi connectivity index (χ3n) is 4.48.